The number of hydrogen-bond acceptors (Lipinski definition) is 5. The Balaban J connectivity index is 2.36. The fourth-order valence-electron chi connectivity index (χ4n) is 2.64. The second kappa shape index (κ2) is 6.59. The number of rotatable bonds is 4. The summed E-state index contributed by atoms with van der Waals surface area (Å²) < 4.78 is 52.2. The average Bonchev–Trinajstić information content (AvgIpc) is 2.62. The highest BCUT2D eigenvalue weighted by molar-refractivity contribution is 7.94. The van der Waals surface area contributed by atoms with Gasteiger partial charge in [0.05, 0.1) is 14.7 Å². The van der Waals surface area contributed by atoms with Gasteiger partial charge >= 0.3 is 0 Å². The predicted molar refractivity (Wildman–Crippen MR) is 96.6 cm³/mol. The van der Waals surface area contributed by atoms with Gasteiger partial charge in [-0.2, -0.15) is 0 Å². The van der Waals surface area contributed by atoms with Crippen LogP contribution in [0.1, 0.15) is 5.56 Å². The van der Waals surface area contributed by atoms with Crippen molar-refractivity contribution in [3.05, 3.63) is 78.4 Å². The monoisotopic (exact) mass is 388 g/mol. The van der Waals surface area contributed by atoms with Crippen LogP contribution < -0.4 is 0 Å². The summed E-state index contributed by atoms with van der Waals surface area (Å²) in [5.74, 6) is -0.594. The lowest BCUT2D eigenvalue weighted by molar-refractivity contribution is 0.453. The van der Waals surface area contributed by atoms with E-state index in [4.69, 9.17) is 0 Å². The topological polar surface area (TPSA) is 88.5 Å². The van der Waals surface area contributed by atoms with E-state index < -0.39 is 35.2 Å². The van der Waals surface area contributed by atoms with Crippen molar-refractivity contribution in [3.63, 3.8) is 0 Å². The van der Waals surface area contributed by atoms with Crippen molar-refractivity contribution in [2.75, 3.05) is 0 Å². The van der Waals surface area contributed by atoms with Crippen molar-refractivity contribution in [2.45, 2.75) is 26.5 Å². The zero-order chi connectivity index (χ0) is 18.9. The van der Waals surface area contributed by atoms with Gasteiger partial charge < -0.3 is 5.11 Å². The fourth-order valence-corrected chi connectivity index (χ4v) is 6.16. The van der Waals surface area contributed by atoms with E-state index in [2.05, 4.69) is 0 Å². The van der Waals surface area contributed by atoms with Crippen LogP contribution >= 0.6 is 0 Å². The summed E-state index contributed by atoms with van der Waals surface area (Å²) in [6, 6.07) is 17.4. The van der Waals surface area contributed by atoms with Crippen molar-refractivity contribution >= 4 is 19.7 Å². The molecular weight excluding hydrogens is 372 g/mol. The van der Waals surface area contributed by atoms with E-state index in [0.717, 1.165) is 0 Å². The first-order valence-electron chi connectivity index (χ1n) is 7.68. The molecule has 3 aromatic carbocycles. The molecule has 3 rings (SSSR count). The highest BCUT2D eigenvalue weighted by atomic mass is 32.2. The van der Waals surface area contributed by atoms with Crippen molar-refractivity contribution < 1.29 is 21.9 Å². The number of aryl methyl sites for hydroxylation is 1. The van der Waals surface area contributed by atoms with Gasteiger partial charge in [0.2, 0.25) is 19.7 Å². The molecule has 0 saturated heterocycles. The minimum Gasteiger partial charge on any atom is -0.507 e. The van der Waals surface area contributed by atoms with E-state index in [1.807, 2.05) is 0 Å². The lowest BCUT2D eigenvalue weighted by Crippen LogP contribution is -2.11. The van der Waals surface area contributed by atoms with Crippen molar-refractivity contribution in [2.24, 2.45) is 0 Å². The Morgan fingerprint density at radius 3 is 1.65 bits per heavy atom. The number of sulfone groups is 2. The van der Waals surface area contributed by atoms with Crippen LogP contribution in [-0.2, 0) is 19.7 Å². The van der Waals surface area contributed by atoms with Crippen molar-refractivity contribution in [3.8, 4) is 5.75 Å². The molecule has 0 radical (unpaired) electrons. The van der Waals surface area contributed by atoms with Gasteiger partial charge in [-0.25, -0.2) is 16.8 Å². The molecule has 0 saturated carbocycles. The van der Waals surface area contributed by atoms with E-state index in [1.165, 1.54) is 48.5 Å². The maximum absolute atomic E-state index is 13.1. The molecule has 0 aliphatic heterocycles. The summed E-state index contributed by atoms with van der Waals surface area (Å²) >= 11 is 0. The summed E-state index contributed by atoms with van der Waals surface area (Å²) in [6.45, 7) is 1.59. The van der Waals surface area contributed by atoms with Gasteiger partial charge in [-0.05, 0) is 48.9 Å². The summed E-state index contributed by atoms with van der Waals surface area (Å²) in [5, 5.41) is 10.3. The molecule has 26 heavy (non-hydrogen) atoms. The minimum absolute atomic E-state index is 0.0467. The lowest BCUT2D eigenvalue weighted by atomic mass is 10.2. The van der Waals surface area contributed by atoms with Crippen LogP contribution in [0, 0.1) is 6.92 Å². The third kappa shape index (κ3) is 3.11. The summed E-state index contributed by atoms with van der Waals surface area (Å²) in [5.41, 5.74) is 0.434. The van der Waals surface area contributed by atoms with Gasteiger partial charge in [0.15, 0.2) is 0 Å². The van der Waals surface area contributed by atoms with E-state index in [9.17, 15) is 21.9 Å². The second-order valence-electron chi connectivity index (χ2n) is 5.74. The molecular formula is C19H16O5S2. The third-order valence-electron chi connectivity index (χ3n) is 3.84. The smallest absolute Gasteiger partial charge is 0.211 e. The Kier molecular flexibility index (Phi) is 4.60. The first kappa shape index (κ1) is 18.2. The molecule has 134 valence electrons. The molecule has 7 heteroatoms. The van der Waals surface area contributed by atoms with Crippen molar-refractivity contribution in [1.29, 1.82) is 0 Å². The number of benzene rings is 3. The maximum Gasteiger partial charge on any atom is 0.211 e. The van der Waals surface area contributed by atoms with Crippen LogP contribution in [0.2, 0.25) is 0 Å². The Morgan fingerprint density at radius 1 is 0.692 bits per heavy atom. The maximum atomic E-state index is 13.1. The van der Waals surface area contributed by atoms with Gasteiger partial charge in [0.1, 0.15) is 10.6 Å². The Hall–Kier alpha value is -2.64. The highest BCUT2D eigenvalue weighted by Crippen LogP contribution is 2.37. The minimum atomic E-state index is -4.24. The molecule has 1 N–H and O–H groups in total. The molecule has 0 unspecified atom stereocenters. The molecule has 0 aromatic heterocycles. The first-order chi connectivity index (χ1) is 12.2. The van der Waals surface area contributed by atoms with Gasteiger partial charge in [0, 0.05) is 0 Å². The predicted octanol–water partition coefficient (Wildman–Crippen LogP) is 3.37. The van der Waals surface area contributed by atoms with E-state index in [0.29, 0.717) is 5.56 Å². The third-order valence-corrected chi connectivity index (χ3v) is 7.63. The van der Waals surface area contributed by atoms with E-state index in [1.54, 1.807) is 31.2 Å². The molecule has 5 nitrogen and oxygen atoms in total. The summed E-state index contributed by atoms with van der Waals surface area (Å²) in [7, 11) is -8.38. The standard InChI is InChI=1S/C19H16O5S2/c1-14-12-17(20)19(26(23,24)16-10-6-3-7-11-16)18(13-14)25(21,22)15-8-4-2-5-9-15/h2-13,20H,1H3. The lowest BCUT2D eigenvalue weighted by Gasteiger charge is -2.14. The number of phenols is 1. The Labute approximate surface area is 152 Å². The molecule has 0 bridgehead atoms. The van der Waals surface area contributed by atoms with E-state index in [-0.39, 0.29) is 9.79 Å². The number of aromatic hydroxyl groups is 1. The van der Waals surface area contributed by atoms with Crippen LogP contribution in [0.5, 0.6) is 5.75 Å². The molecule has 0 aliphatic rings. The fraction of sp³-hybridized carbons (Fsp3) is 0.0526. The van der Waals surface area contributed by atoms with Gasteiger partial charge in [-0.1, -0.05) is 36.4 Å². The largest absolute Gasteiger partial charge is 0.507 e. The zero-order valence-corrected chi connectivity index (χ0v) is 15.5. The van der Waals surface area contributed by atoms with E-state index >= 15 is 0 Å². The van der Waals surface area contributed by atoms with Gasteiger partial charge in [-0.15, -0.1) is 0 Å². The number of hydrogen-bond donors (Lipinski definition) is 1. The van der Waals surface area contributed by atoms with Crippen LogP contribution in [-0.4, -0.2) is 21.9 Å². The molecule has 0 spiro atoms. The zero-order valence-electron chi connectivity index (χ0n) is 13.8. The quantitative estimate of drug-likeness (QED) is 0.740. The van der Waals surface area contributed by atoms with Crippen LogP contribution in [0.4, 0.5) is 0 Å². The van der Waals surface area contributed by atoms with Crippen molar-refractivity contribution in [1.82, 2.24) is 0 Å². The SMILES string of the molecule is Cc1cc(O)c(S(=O)(=O)c2ccccc2)c(S(=O)(=O)c2ccccc2)c1. The van der Waals surface area contributed by atoms with Gasteiger partial charge in [-0.3, -0.25) is 0 Å². The van der Waals surface area contributed by atoms with Crippen LogP contribution in [0.3, 0.4) is 0 Å². The molecule has 0 fully saturated rings. The highest BCUT2D eigenvalue weighted by Gasteiger charge is 2.32. The Bertz CT molecular complexity index is 1150. The average molecular weight is 388 g/mol. The Morgan fingerprint density at radius 2 is 1.15 bits per heavy atom. The molecule has 0 heterocycles. The summed E-state index contributed by atoms with van der Waals surface area (Å²) in [4.78, 5) is -1.19. The second-order valence-corrected chi connectivity index (χ2v) is 9.55. The van der Waals surface area contributed by atoms with Gasteiger partial charge in [0.25, 0.3) is 0 Å². The molecule has 3 aromatic rings. The molecule has 0 atom stereocenters. The number of phenolic OH excluding ortho intramolecular Hbond substituents is 1. The molecule has 0 amide bonds. The normalized spacial score (nSPS) is 12.0. The van der Waals surface area contributed by atoms with Crippen LogP contribution in [0.15, 0.2) is 92.4 Å². The molecule has 0 aliphatic carbocycles. The van der Waals surface area contributed by atoms with Crippen LogP contribution in [0.25, 0.3) is 0 Å². The first-order valence-corrected chi connectivity index (χ1v) is 10.6. The summed E-state index contributed by atoms with van der Waals surface area (Å²) in [6.07, 6.45) is 0.